The first kappa shape index (κ1) is 19.1. The van der Waals surface area contributed by atoms with Crippen molar-refractivity contribution in [1.29, 1.82) is 5.26 Å². The van der Waals surface area contributed by atoms with Crippen molar-refractivity contribution in [3.63, 3.8) is 0 Å². The van der Waals surface area contributed by atoms with Crippen LogP contribution < -0.4 is 5.32 Å². The molecule has 0 spiro atoms. The summed E-state index contributed by atoms with van der Waals surface area (Å²) < 4.78 is 0. The molecule has 0 radical (unpaired) electrons. The van der Waals surface area contributed by atoms with Gasteiger partial charge in [0.2, 0.25) is 5.91 Å². The number of nitrogens with zero attached hydrogens (tertiary/aromatic N) is 3. The molecular formula is C20H18N4OS2. The first-order chi connectivity index (χ1) is 13.0. The van der Waals surface area contributed by atoms with E-state index in [2.05, 4.69) is 21.4 Å². The van der Waals surface area contributed by atoms with Crippen LogP contribution in [-0.2, 0) is 4.79 Å². The molecule has 1 amide bonds. The lowest BCUT2D eigenvalue weighted by Gasteiger charge is -2.11. The third-order valence-electron chi connectivity index (χ3n) is 4.11. The maximum absolute atomic E-state index is 12.6. The van der Waals surface area contributed by atoms with Crippen molar-refractivity contribution in [2.24, 2.45) is 0 Å². The van der Waals surface area contributed by atoms with Crippen LogP contribution in [0.3, 0.4) is 0 Å². The van der Waals surface area contributed by atoms with E-state index < -0.39 is 0 Å². The Balaban J connectivity index is 1.72. The van der Waals surface area contributed by atoms with E-state index in [9.17, 15) is 10.1 Å². The number of anilines is 1. The second-order valence-electron chi connectivity index (χ2n) is 5.96. The van der Waals surface area contributed by atoms with Gasteiger partial charge in [0.05, 0.1) is 16.5 Å². The highest BCUT2D eigenvalue weighted by molar-refractivity contribution is 8.00. The van der Waals surface area contributed by atoms with Crippen LogP contribution in [0, 0.1) is 25.2 Å². The molecule has 136 valence electrons. The Morgan fingerprint density at radius 3 is 2.70 bits per heavy atom. The fraction of sp³-hybridized carbons (Fsp3) is 0.200. The quantitative estimate of drug-likeness (QED) is 0.496. The molecule has 0 bridgehead atoms. The monoisotopic (exact) mass is 394 g/mol. The highest BCUT2D eigenvalue weighted by atomic mass is 32.2. The Morgan fingerprint density at radius 1 is 1.26 bits per heavy atom. The zero-order valence-corrected chi connectivity index (χ0v) is 16.8. The summed E-state index contributed by atoms with van der Waals surface area (Å²) in [6.07, 6.45) is 1.51. The summed E-state index contributed by atoms with van der Waals surface area (Å²) in [4.78, 5) is 22.2. The van der Waals surface area contributed by atoms with Crippen LogP contribution >= 0.6 is 23.1 Å². The van der Waals surface area contributed by atoms with Gasteiger partial charge < -0.3 is 5.32 Å². The van der Waals surface area contributed by atoms with E-state index in [1.54, 1.807) is 0 Å². The van der Waals surface area contributed by atoms with E-state index in [0.29, 0.717) is 10.6 Å². The lowest BCUT2D eigenvalue weighted by molar-refractivity contribution is -0.115. The summed E-state index contributed by atoms with van der Waals surface area (Å²) in [5.74, 6) is -0.155. The molecule has 0 aliphatic rings. The van der Waals surface area contributed by atoms with Crippen molar-refractivity contribution in [3.05, 3.63) is 58.7 Å². The standard InChI is InChI=1S/C20H18N4OS2/c1-12-13(2)27-20(16(12)10-21)24-19(25)14(3)26-18-9-17(22-11-23-18)15-7-5-4-6-8-15/h4-9,11,14H,1-3H3,(H,24,25). The average Bonchev–Trinajstić information content (AvgIpc) is 2.95. The highest BCUT2D eigenvalue weighted by Crippen LogP contribution is 2.33. The first-order valence-corrected chi connectivity index (χ1v) is 10.0. The predicted octanol–water partition coefficient (Wildman–Crippen LogP) is 4.81. The van der Waals surface area contributed by atoms with Crippen molar-refractivity contribution in [2.45, 2.75) is 31.0 Å². The third-order valence-corrected chi connectivity index (χ3v) is 6.27. The first-order valence-electron chi connectivity index (χ1n) is 8.34. The molecule has 3 aromatic rings. The Hall–Kier alpha value is -2.69. The Bertz CT molecular complexity index is 1010. The largest absolute Gasteiger partial charge is 0.316 e. The topological polar surface area (TPSA) is 78.7 Å². The number of thiophene rings is 1. The number of nitrogens with one attached hydrogen (secondary N) is 1. The molecule has 1 atom stereocenters. The van der Waals surface area contributed by atoms with Crippen molar-refractivity contribution in [3.8, 4) is 17.3 Å². The predicted molar refractivity (Wildman–Crippen MR) is 110 cm³/mol. The summed E-state index contributed by atoms with van der Waals surface area (Å²) in [5, 5.41) is 13.2. The number of amides is 1. The smallest absolute Gasteiger partial charge is 0.238 e. The summed E-state index contributed by atoms with van der Waals surface area (Å²) in [7, 11) is 0. The molecule has 1 unspecified atom stereocenters. The molecule has 0 aliphatic heterocycles. The van der Waals surface area contributed by atoms with Gasteiger partial charge >= 0.3 is 0 Å². The molecule has 7 heteroatoms. The maximum Gasteiger partial charge on any atom is 0.238 e. The van der Waals surface area contributed by atoms with E-state index >= 15 is 0 Å². The lowest BCUT2D eigenvalue weighted by atomic mass is 10.1. The van der Waals surface area contributed by atoms with Crippen LogP contribution in [0.4, 0.5) is 5.00 Å². The van der Waals surface area contributed by atoms with E-state index in [4.69, 9.17) is 0 Å². The zero-order valence-electron chi connectivity index (χ0n) is 15.2. The van der Waals surface area contributed by atoms with Gasteiger partial charge in [-0.25, -0.2) is 9.97 Å². The summed E-state index contributed by atoms with van der Waals surface area (Å²) >= 11 is 2.79. The zero-order chi connectivity index (χ0) is 19.4. The van der Waals surface area contributed by atoms with Gasteiger partial charge in [-0.3, -0.25) is 4.79 Å². The van der Waals surface area contributed by atoms with Crippen LogP contribution in [0.15, 0.2) is 47.8 Å². The normalized spacial score (nSPS) is 11.6. The third kappa shape index (κ3) is 4.35. The van der Waals surface area contributed by atoms with Crippen LogP contribution in [-0.4, -0.2) is 21.1 Å². The molecule has 27 heavy (non-hydrogen) atoms. The fourth-order valence-corrected chi connectivity index (χ4v) is 4.30. The number of carbonyl (C=O) groups is 1. The Kier molecular flexibility index (Phi) is 5.89. The number of aryl methyl sites for hydroxylation is 1. The van der Waals surface area contributed by atoms with Gasteiger partial charge in [0.1, 0.15) is 22.4 Å². The molecule has 2 aromatic heterocycles. The highest BCUT2D eigenvalue weighted by Gasteiger charge is 2.20. The Morgan fingerprint density at radius 2 is 2.00 bits per heavy atom. The summed E-state index contributed by atoms with van der Waals surface area (Å²) in [5.41, 5.74) is 3.27. The second-order valence-corrected chi connectivity index (χ2v) is 8.54. The lowest BCUT2D eigenvalue weighted by Crippen LogP contribution is -2.22. The molecular weight excluding hydrogens is 376 g/mol. The van der Waals surface area contributed by atoms with Gasteiger partial charge in [0.25, 0.3) is 0 Å². The molecule has 0 saturated heterocycles. The number of hydrogen-bond acceptors (Lipinski definition) is 6. The van der Waals surface area contributed by atoms with E-state index in [0.717, 1.165) is 26.7 Å². The molecule has 5 nitrogen and oxygen atoms in total. The van der Waals surface area contributed by atoms with E-state index in [-0.39, 0.29) is 11.2 Å². The van der Waals surface area contributed by atoms with Crippen molar-refractivity contribution < 1.29 is 4.79 Å². The summed E-state index contributed by atoms with van der Waals surface area (Å²) in [6, 6.07) is 13.9. The SMILES string of the molecule is Cc1sc(NC(=O)C(C)Sc2cc(-c3ccccc3)ncn2)c(C#N)c1C. The molecule has 1 N–H and O–H groups in total. The number of thioether (sulfide) groups is 1. The summed E-state index contributed by atoms with van der Waals surface area (Å²) in [6.45, 7) is 5.66. The van der Waals surface area contributed by atoms with E-state index in [1.807, 2.05) is 57.2 Å². The van der Waals surface area contributed by atoms with Gasteiger partial charge in [-0.2, -0.15) is 5.26 Å². The van der Waals surface area contributed by atoms with Crippen molar-refractivity contribution in [2.75, 3.05) is 5.32 Å². The molecule has 0 aliphatic carbocycles. The molecule has 3 rings (SSSR count). The van der Waals surface area contributed by atoms with Crippen molar-refractivity contribution >= 4 is 34.0 Å². The number of hydrogen-bond donors (Lipinski definition) is 1. The van der Waals surface area contributed by atoms with Crippen LogP contribution in [0.5, 0.6) is 0 Å². The Labute approximate surface area is 166 Å². The molecule has 0 saturated carbocycles. The number of nitriles is 1. The molecule has 2 heterocycles. The minimum Gasteiger partial charge on any atom is -0.316 e. The van der Waals surface area contributed by atoms with Crippen molar-refractivity contribution in [1.82, 2.24) is 9.97 Å². The van der Waals surface area contributed by atoms with Gasteiger partial charge in [-0.15, -0.1) is 11.3 Å². The minimum absolute atomic E-state index is 0.155. The van der Waals surface area contributed by atoms with Gasteiger partial charge in [-0.1, -0.05) is 42.1 Å². The number of rotatable bonds is 5. The minimum atomic E-state index is -0.363. The van der Waals surface area contributed by atoms with Crippen LogP contribution in [0.1, 0.15) is 22.9 Å². The number of aromatic nitrogens is 2. The molecule has 0 fully saturated rings. The van der Waals surface area contributed by atoms with Crippen LogP contribution in [0.2, 0.25) is 0 Å². The van der Waals surface area contributed by atoms with Crippen LogP contribution in [0.25, 0.3) is 11.3 Å². The maximum atomic E-state index is 12.6. The molecule has 1 aromatic carbocycles. The second kappa shape index (κ2) is 8.33. The average molecular weight is 395 g/mol. The number of benzene rings is 1. The van der Waals surface area contributed by atoms with E-state index in [1.165, 1.54) is 29.4 Å². The van der Waals surface area contributed by atoms with Gasteiger partial charge in [0, 0.05) is 10.4 Å². The van der Waals surface area contributed by atoms with Gasteiger partial charge in [-0.05, 0) is 32.4 Å². The number of carbonyl (C=O) groups excluding carboxylic acids is 1. The van der Waals surface area contributed by atoms with Gasteiger partial charge in [0.15, 0.2) is 0 Å². The fourth-order valence-electron chi connectivity index (χ4n) is 2.47.